The van der Waals surface area contributed by atoms with Gasteiger partial charge in [-0.1, -0.05) is 18.5 Å². The molecule has 0 saturated heterocycles. The number of halogens is 10. The number of benzene rings is 1. The van der Waals surface area contributed by atoms with Crippen LogP contribution in [0.2, 0.25) is 5.02 Å². The molecular weight excluding hydrogens is 457 g/mol. The van der Waals surface area contributed by atoms with E-state index in [1.165, 1.54) is 6.92 Å². The lowest BCUT2D eigenvalue weighted by Crippen LogP contribution is -2.30. The zero-order valence-electron chi connectivity index (χ0n) is 14.7. The smallest absolute Gasteiger partial charge is 0.392 e. The van der Waals surface area contributed by atoms with Gasteiger partial charge in [0.25, 0.3) is 5.56 Å². The van der Waals surface area contributed by atoms with Crippen molar-refractivity contribution in [2.24, 2.45) is 0 Å². The van der Waals surface area contributed by atoms with E-state index in [2.05, 4.69) is 4.98 Å². The molecule has 0 fully saturated rings. The molecule has 1 aromatic carbocycles. The predicted molar refractivity (Wildman–Crippen MR) is 88.7 cm³/mol. The van der Waals surface area contributed by atoms with Crippen LogP contribution in [0.1, 0.15) is 30.2 Å². The number of nitrogens with two attached hydrogens (primary N) is 1. The third-order valence-electron chi connectivity index (χ3n) is 3.87. The van der Waals surface area contributed by atoms with Crippen LogP contribution in [0.3, 0.4) is 0 Å². The second-order valence-corrected chi connectivity index (χ2v) is 6.41. The molecule has 0 amide bonds. The van der Waals surface area contributed by atoms with Gasteiger partial charge in [0.2, 0.25) is 0 Å². The first-order valence-corrected chi connectivity index (χ1v) is 8.33. The lowest BCUT2D eigenvalue weighted by molar-refractivity contribution is -0.143. The van der Waals surface area contributed by atoms with Gasteiger partial charge < -0.3 is 5.73 Å². The summed E-state index contributed by atoms with van der Waals surface area (Å²) in [7, 11) is 0. The monoisotopic (exact) mass is 467 g/mol. The molecule has 14 heteroatoms. The number of rotatable bonds is 3. The molecule has 166 valence electrons. The zero-order valence-corrected chi connectivity index (χ0v) is 15.5. The Morgan fingerprint density at radius 1 is 1.00 bits per heavy atom. The highest BCUT2D eigenvalue weighted by Crippen LogP contribution is 2.44. The van der Waals surface area contributed by atoms with Gasteiger partial charge in [0.05, 0.1) is 16.1 Å². The number of hydrogen-bond acceptors (Lipinski definition) is 3. The standard InChI is InChI=1S/C16H11ClF9N3O/c1-2-3-29-12(28-11(16(24,25)26)10(27)13(29)30)7-4-6(14(18,19)20)5-8(9(7)17)15(21,22)23/h4-5H,2-3,27H2,1H3. The maximum Gasteiger partial charge on any atom is 0.435 e. The average Bonchev–Trinajstić information content (AvgIpc) is 2.56. The summed E-state index contributed by atoms with van der Waals surface area (Å²) in [5, 5.41) is -1.34. The fourth-order valence-electron chi connectivity index (χ4n) is 2.58. The molecule has 1 aromatic heterocycles. The van der Waals surface area contributed by atoms with Gasteiger partial charge in [0.1, 0.15) is 11.5 Å². The van der Waals surface area contributed by atoms with Crippen molar-refractivity contribution in [1.29, 1.82) is 0 Å². The number of nitrogens with zero attached hydrogens (tertiary/aromatic N) is 2. The van der Waals surface area contributed by atoms with E-state index < -0.39 is 69.6 Å². The van der Waals surface area contributed by atoms with Crippen LogP contribution in [0.4, 0.5) is 45.2 Å². The fourth-order valence-corrected chi connectivity index (χ4v) is 2.88. The van der Waals surface area contributed by atoms with Crippen LogP contribution in [0.5, 0.6) is 0 Å². The van der Waals surface area contributed by atoms with Crippen molar-refractivity contribution in [3.05, 3.63) is 44.3 Å². The molecule has 0 spiro atoms. The molecule has 2 aromatic rings. The molecule has 30 heavy (non-hydrogen) atoms. The number of alkyl halides is 9. The Kier molecular flexibility index (Phi) is 6.09. The predicted octanol–water partition coefficient (Wildman–Crippen LogP) is 5.61. The second kappa shape index (κ2) is 7.67. The van der Waals surface area contributed by atoms with Gasteiger partial charge in [-0.25, -0.2) is 4.98 Å². The molecule has 4 nitrogen and oxygen atoms in total. The molecular formula is C16H11ClF9N3O. The van der Waals surface area contributed by atoms with Crippen LogP contribution in [0.15, 0.2) is 16.9 Å². The lowest BCUT2D eigenvalue weighted by Gasteiger charge is -2.20. The Morgan fingerprint density at radius 3 is 2.00 bits per heavy atom. The summed E-state index contributed by atoms with van der Waals surface area (Å²) >= 11 is 5.63. The largest absolute Gasteiger partial charge is 0.435 e. The van der Waals surface area contributed by atoms with Crippen LogP contribution >= 0.6 is 11.6 Å². The zero-order chi connectivity index (χ0) is 23.2. The number of nitrogen functional groups attached to an aromatic ring is 1. The molecule has 2 N–H and O–H groups in total. The van der Waals surface area contributed by atoms with Gasteiger partial charge in [0.15, 0.2) is 5.69 Å². The Balaban J connectivity index is 3.05. The van der Waals surface area contributed by atoms with Gasteiger partial charge in [-0.05, 0) is 18.6 Å². The van der Waals surface area contributed by atoms with Crippen molar-refractivity contribution in [1.82, 2.24) is 9.55 Å². The van der Waals surface area contributed by atoms with Crippen molar-refractivity contribution in [2.45, 2.75) is 38.4 Å². The summed E-state index contributed by atoms with van der Waals surface area (Å²) in [6.45, 7) is 1.07. The fraction of sp³-hybridized carbons (Fsp3) is 0.375. The van der Waals surface area contributed by atoms with E-state index >= 15 is 0 Å². The molecule has 0 aliphatic carbocycles. The quantitative estimate of drug-likeness (QED) is 0.597. The summed E-state index contributed by atoms with van der Waals surface area (Å²) in [5.41, 5.74) is -4.52. The highest BCUT2D eigenvalue weighted by atomic mass is 35.5. The topological polar surface area (TPSA) is 60.9 Å². The molecule has 0 bridgehead atoms. The van der Waals surface area contributed by atoms with Crippen molar-refractivity contribution >= 4 is 17.3 Å². The van der Waals surface area contributed by atoms with Crippen molar-refractivity contribution < 1.29 is 39.5 Å². The van der Waals surface area contributed by atoms with Gasteiger partial charge in [-0.15, -0.1) is 0 Å². The molecule has 1 heterocycles. The summed E-state index contributed by atoms with van der Waals surface area (Å²) < 4.78 is 119. The second-order valence-electron chi connectivity index (χ2n) is 6.03. The van der Waals surface area contributed by atoms with Crippen molar-refractivity contribution in [3.8, 4) is 11.4 Å². The first kappa shape index (κ1) is 23.8. The van der Waals surface area contributed by atoms with E-state index in [0.29, 0.717) is 4.57 Å². The van der Waals surface area contributed by atoms with E-state index in [1.54, 1.807) is 0 Å². The minimum Gasteiger partial charge on any atom is -0.392 e. The van der Waals surface area contributed by atoms with Crippen LogP contribution in [0, 0.1) is 0 Å². The average molecular weight is 468 g/mol. The highest BCUT2D eigenvalue weighted by molar-refractivity contribution is 6.34. The van der Waals surface area contributed by atoms with Crippen LogP contribution in [-0.4, -0.2) is 9.55 Å². The Morgan fingerprint density at radius 2 is 1.57 bits per heavy atom. The summed E-state index contributed by atoms with van der Waals surface area (Å²) in [6.07, 6.45) is -15.9. The Labute approximate surface area is 167 Å². The Hall–Kier alpha value is -2.44. The minimum atomic E-state index is -5.37. The molecule has 0 saturated carbocycles. The van der Waals surface area contributed by atoms with E-state index in [1.807, 2.05) is 0 Å². The van der Waals surface area contributed by atoms with Crippen molar-refractivity contribution in [3.63, 3.8) is 0 Å². The van der Waals surface area contributed by atoms with Gasteiger partial charge in [0, 0.05) is 12.1 Å². The summed E-state index contributed by atoms with van der Waals surface area (Å²) in [5.74, 6) is -1.12. The van der Waals surface area contributed by atoms with E-state index in [0.717, 1.165) is 0 Å². The molecule has 2 rings (SSSR count). The van der Waals surface area contributed by atoms with Crippen LogP contribution in [0.25, 0.3) is 11.4 Å². The third kappa shape index (κ3) is 4.50. The normalized spacial score (nSPS) is 13.0. The van der Waals surface area contributed by atoms with Crippen LogP contribution < -0.4 is 11.3 Å². The molecule has 0 unspecified atom stereocenters. The Bertz CT molecular complexity index is 1020. The summed E-state index contributed by atoms with van der Waals surface area (Å²) in [4.78, 5) is 15.4. The highest BCUT2D eigenvalue weighted by Gasteiger charge is 2.41. The molecule has 0 radical (unpaired) electrons. The van der Waals surface area contributed by atoms with Gasteiger partial charge in [-0.2, -0.15) is 39.5 Å². The number of aromatic nitrogens is 2. The minimum absolute atomic E-state index is 0.0715. The first-order valence-electron chi connectivity index (χ1n) is 7.96. The van der Waals surface area contributed by atoms with E-state index in [4.69, 9.17) is 17.3 Å². The molecule has 0 atom stereocenters. The molecule has 0 aliphatic heterocycles. The van der Waals surface area contributed by atoms with Crippen LogP contribution in [-0.2, 0) is 25.1 Å². The van der Waals surface area contributed by atoms with Gasteiger partial charge >= 0.3 is 18.5 Å². The maximum atomic E-state index is 13.2. The SMILES string of the molecule is CCCn1c(-c2cc(C(F)(F)F)cc(C(F)(F)F)c2Cl)nc(C(F)(F)F)c(N)c1=O. The third-order valence-corrected chi connectivity index (χ3v) is 4.27. The maximum absolute atomic E-state index is 13.2. The van der Waals surface area contributed by atoms with Gasteiger partial charge in [-0.3, -0.25) is 9.36 Å². The van der Waals surface area contributed by atoms with Crippen molar-refractivity contribution in [2.75, 3.05) is 5.73 Å². The van der Waals surface area contributed by atoms with E-state index in [9.17, 15) is 44.3 Å². The number of anilines is 1. The summed E-state index contributed by atoms with van der Waals surface area (Å²) in [6, 6.07) is -0.183. The molecule has 0 aliphatic rings. The lowest BCUT2D eigenvalue weighted by atomic mass is 10.0. The van der Waals surface area contributed by atoms with E-state index in [-0.39, 0.29) is 18.6 Å². The number of hydrogen-bond donors (Lipinski definition) is 1. The first-order chi connectivity index (χ1) is 13.5.